The lowest BCUT2D eigenvalue weighted by atomic mass is 10.4. The Labute approximate surface area is 89.1 Å². The van der Waals surface area contributed by atoms with Gasteiger partial charge in [-0.1, -0.05) is 16.8 Å². The van der Waals surface area contributed by atoms with E-state index >= 15 is 0 Å². The standard InChI is InChI=1S/C8H7ClN2O2S/c1-4(12)8-10-7(11-13-8)5-2-3-6(9)14-5/h2-4,12H,1H3/t4-/m0/s1. The summed E-state index contributed by atoms with van der Waals surface area (Å²) in [5.74, 6) is 0.669. The number of hydrogen-bond donors (Lipinski definition) is 1. The molecule has 2 heterocycles. The van der Waals surface area contributed by atoms with Crippen molar-refractivity contribution in [2.24, 2.45) is 0 Å². The van der Waals surface area contributed by atoms with E-state index in [1.165, 1.54) is 11.3 Å². The van der Waals surface area contributed by atoms with Gasteiger partial charge in [-0.25, -0.2) is 0 Å². The highest BCUT2D eigenvalue weighted by Gasteiger charge is 2.13. The molecule has 0 saturated heterocycles. The largest absolute Gasteiger partial charge is 0.384 e. The molecule has 4 nitrogen and oxygen atoms in total. The van der Waals surface area contributed by atoms with Crippen molar-refractivity contribution in [1.29, 1.82) is 0 Å². The average molecular weight is 231 g/mol. The highest BCUT2D eigenvalue weighted by Crippen LogP contribution is 2.29. The molecule has 1 N–H and O–H groups in total. The van der Waals surface area contributed by atoms with Gasteiger partial charge in [-0.3, -0.25) is 0 Å². The van der Waals surface area contributed by atoms with Crippen LogP contribution in [0.2, 0.25) is 4.34 Å². The second kappa shape index (κ2) is 3.68. The molecule has 74 valence electrons. The predicted octanol–water partition coefficient (Wildman–Crippen LogP) is 2.50. The first-order chi connectivity index (χ1) is 6.66. The molecule has 2 aromatic heterocycles. The number of nitrogens with zero attached hydrogens (tertiary/aromatic N) is 2. The molecule has 6 heteroatoms. The Bertz CT molecular complexity index is 438. The minimum absolute atomic E-state index is 0.213. The van der Waals surface area contributed by atoms with Gasteiger partial charge in [-0.05, 0) is 19.1 Å². The van der Waals surface area contributed by atoms with Crippen molar-refractivity contribution in [2.75, 3.05) is 0 Å². The molecule has 0 radical (unpaired) electrons. The fourth-order valence-corrected chi connectivity index (χ4v) is 1.91. The average Bonchev–Trinajstić information content (AvgIpc) is 2.70. The zero-order valence-electron chi connectivity index (χ0n) is 7.27. The van der Waals surface area contributed by atoms with E-state index in [0.717, 1.165) is 4.88 Å². The SMILES string of the molecule is C[C@H](O)c1nc(-c2ccc(Cl)s2)no1. The molecule has 1 atom stereocenters. The van der Waals surface area contributed by atoms with Crippen LogP contribution in [0.4, 0.5) is 0 Å². The highest BCUT2D eigenvalue weighted by atomic mass is 35.5. The normalized spacial score (nSPS) is 13.1. The van der Waals surface area contributed by atoms with Crippen LogP contribution >= 0.6 is 22.9 Å². The van der Waals surface area contributed by atoms with Gasteiger partial charge in [0.2, 0.25) is 5.82 Å². The van der Waals surface area contributed by atoms with Gasteiger partial charge in [0.25, 0.3) is 5.89 Å². The van der Waals surface area contributed by atoms with Crippen LogP contribution in [0, 0.1) is 0 Å². The summed E-state index contributed by atoms with van der Waals surface area (Å²) < 4.78 is 5.51. The Balaban J connectivity index is 2.33. The molecule has 0 fully saturated rings. The van der Waals surface area contributed by atoms with Crippen LogP contribution in [0.5, 0.6) is 0 Å². The molecule has 2 rings (SSSR count). The summed E-state index contributed by atoms with van der Waals surface area (Å²) in [5, 5.41) is 12.9. The Hall–Kier alpha value is -0.910. The first-order valence-electron chi connectivity index (χ1n) is 3.94. The van der Waals surface area contributed by atoms with Crippen molar-refractivity contribution in [2.45, 2.75) is 13.0 Å². The highest BCUT2D eigenvalue weighted by molar-refractivity contribution is 7.19. The number of aliphatic hydroxyl groups excluding tert-OH is 1. The van der Waals surface area contributed by atoms with Crippen LogP contribution in [0.1, 0.15) is 18.9 Å². The van der Waals surface area contributed by atoms with E-state index in [9.17, 15) is 5.11 Å². The molecule has 0 saturated carbocycles. The first kappa shape index (κ1) is 9.64. The fourth-order valence-electron chi connectivity index (χ4n) is 0.939. The van der Waals surface area contributed by atoms with Gasteiger partial charge in [0, 0.05) is 0 Å². The van der Waals surface area contributed by atoms with Crippen molar-refractivity contribution < 1.29 is 9.63 Å². The summed E-state index contributed by atoms with van der Waals surface area (Å²) in [6.07, 6.45) is -0.744. The Morgan fingerprint density at radius 1 is 1.57 bits per heavy atom. The van der Waals surface area contributed by atoms with E-state index in [-0.39, 0.29) is 5.89 Å². The van der Waals surface area contributed by atoms with Crippen molar-refractivity contribution in [3.8, 4) is 10.7 Å². The zero-order chi connectivity index (χ0) is 10.1. The molecule has 14 heavy (non-hydrogen) atoms. The molecule has 0 unspecified atom stereocenters. The summed E-state index contributed by atoms with van der Waals surface area (Å²) in [5.41, 5.74) is 0. The van der Waals surface area contributed by atoms with E-state index < -0.39 is 6.10 Å². The Morgan fingerprint density at radius 2 is 2.36 bits per heavy atom. The first-order valence-corrected chi connectivity index (χ1v) is 5.13. The molecular formula is C8H7ClN2O2S. The van der Waals surface area contributed by atoms with E-state index in [0.29, 0.717) is 10.2 Å². The van der Waals surface area contributed by atoms with Gasteiger partial charge < -0.3 is 9.63 Å². The monoisotopic (exact) mass is 230 g/mol. The van der Waals surface area contributed by atoms with Gasteiger partial charge in [-0.2, -0.15) is 4.98 Å². The van der Waals surface area contributed by atoms with E-state index in [4.69, 9.17) is 16.1 Å². The van der Waals surface area contributed by atoms with Crippen molar-refractivity contribution >= 4 is 22.9 Å². The van der Waals surface area contributed by atoms with Gasteiger partial charge in [0.1, 0.15) is 6.10 Å². The summed E-state index contributed by atoms with van der Waals surface area (Å²) in [7, 11) is 0. The summed E-state index contributed by atoms with van der Waals surface area (Å²) in [4.78, 5) is 4.84. The summed E-state index contributed by atoms with van der Waals surface area (Å²) in [6.45, 7) is 1.57. The van der Waals surface area contributed by atoms with E-state index in [1.807, 2.05) is 6.07 Å². The molecule has 0 amide bonds. The molecule has 0 aliphatic rings. The van der Waals surface area contributed by atoms with Crippen LogP contribution in [0.3, 0.4) is 0 Å². The second-order valence-corrected chi connectivity index (χ2v) is 4.45. The topological polar surface area (TPSA) is 59.2 Å². The minimum Gasteiger partial charge on any atom is -0.384 e. The maximum atomic E-state index is 9.17. The van der Waals surface area contributed by atoms with Crippen LogP contribution in [-0.4, -0.2) is 15.2 Å². The van der Waals surface area contributed by atoms with Crippen molar-refractivity contribution in [1.82, 2.24) is 10.1 Å². The Morgan fingerprint density at radius 3 is 2.86 bits per heavy atom. The molecule has 0 aromatic carbocycles. The molecule has 0 bridgehead atoms. The number of aliphatic hydroxyl groups is 1. The molecular weight excluding hydrogens is 224 g/mol. The third kappa shape index (κ3) is 1.79. The zero-order valence-corrected chi connectivity index (χ0v) is 8.84. The maximum Gasteiger partial charge on any atom is 0.255 e. The smallest absolute Gasteiger partial charge is 0.255 e. The van der Waals surface area contributed by atoms with Gasteiger partial charge in [-0.15, -0.1) is 11.3 Å². The third-order valence-corrected chi connectivity index (χ3v) is 2.82. The number of hydrogen-bond acceptors (Lipinski definition) is 5. The van der Waals surface area contributed by atoms with E-state index in [2.05, 4.69) is 10.1 Å². The molecule has 0 aliphatic carbocycles. The second-order valence-electron chi connectivity index (χ2n) is 2.74. The number of rotatable bonds is 2. The lowest BCUT2D eigenvalue weighted by molar-refractivity contribution is 0.152. The fraction of sp³-hybridized carbons (Fsp3) is 0.250. The van der Waals surface area contributed by atoms with E-state index in [1.54, 1.807) is 13.0 Å². The van der Waals surface area contributed by atoms with Crippen LogP contribution in [0.25, 0.3) is 10.7 Å². The van der Waals surface area contributed by atoms with Crippen LogP contribution in [0.15, 0.2) is 16.7 Å². The third-order valence-electron chi connectivity index (χ3n) is 1.59. The van der Waals surface area contributed by atoms with Crippen LogP contribution < -0.4 is 0 Å². The van der Waals surface area contributed by atoms with Crippen molar-refractivity contribution in [3.05, 3.63) is 22.4 Å². The minimum atomic E-state index is -0.744. The van der Waals surface area contributed by atoms with Crippen molar-refractivity contribution in [3.63, 3.8) is 0 Å². The van der Waals surface area contributed by atoms with Gasteiger partial charge in [0.15, 0.2) is 0 Å². The Kier molecular flexibility index (Phi) is 2.54. The predicted molar refractivity (Wildman–Crippen MR) is 53.3 cm³/mol. The quantitative estimate of drug-likeness (QED) is 0.861. The maximum absolute atomic E-state index is 9.17. The lowest BCUT2D eigenvalue weighted by Gasteiger charge is -1.91. The molecule has 0 aliphatic heterocycles. The number of halogens is 1. The summed E-state index contributed by atoms with van der Waals surface area (Å²) >= 11 is 7.13. The van der Waals surface area contributed by atoms with Gasteiger partial charge in [0.05, 0.1) is 9.21 Å². The molecule has 0 spiro atoms. The molecule has 2 aromatic rings. The lowest BCUT2D eigenvalue weighted by Crippen LogP contribution is -1.89. The summed E-state index contributed by atoms with van der Waals surface area (Å²) in [6, 6.07) is 3.57. The number of thiophene rings is 1. The van der Waals surface area contributed by atoms with Crippen LogP contribution in [-0.2, 0) is 0 Å². The number of aromatic nitrogens is 2. The van der Waals surface area contributed by atoms with Gasteiger partial charge >= 0.3 is 0 Å².